The summed E-state index contributed by atoms with van der Waals surface area (Å²) in [5.74, 6) is -1.54. The maximum atomic E-state index is 12.8. The second kappa shape index (κ2) is 8.96. The van der Waals surface area contributed by atoms with Crippen molar-refractivity contribution < 1.29 is 14.4 Å². The molecule has 0 heterocycles. The van der Waals surface area contributed by atoms with Crippen LogP contribution >= 0.6 is 11.8 Å². The molecular formula is C22H17NO3S. The lowest BCUT2D eigenvalue weighted by Crippen LogP contribution is -2.38. The van der Waals surface area contributed by atoms with Gasteiger partial charge in [-0.3, -0.25) is 19.3 Å². The fraction of sp³-hybridized carbons (Fsp3) is 0.0455. The van der Waals surface area contributed by atoms with Crippen LogP contribution in [0.2, 0.25) is 0 Å². The van der Waals surface area contributed by atoms with Crippen LogP contribution in [0.5, 0.6) is 0 Å². The Kier molecular flexibility index (Phi) is 6.18. The van der Waals surface area contributed by atoms with Crippen LogP contribution in [0.4, 0.5) is 4.79 Å². The van der Waals surface area contributed by atoms with Gasteiger partial charge in [0.15, 0.2) is 0 Å². The van der Waals surface area contributed by atoms with Crippen molar-refractivity contribution in [1.82, 2.24) is 4.90 Å². The van der Waals surface area contributed by atoms with Crippen molar-refractivity contribution in [3.63, 3.8) is 0 Å². The molecule has 0 aliphatic carbocycles. The summed E-state index contributed by atoms with van der Waals surface area (Å²) < 4.78 is 0. The highest BCUT2D eigenvalue weighted by Gasteiger charge is 2.29. The molecule has 0 aliphatic rings. The zero-order valence-corrected chi connectivity index (χ0v) is 15.3. The first-order valence-corrected chi connectivity index (χ1v) is 9.19. The van der Waals surface area contributed by atoms with Gasteiger partial charge in [-0.25, -0.2) is 0 Å². The molecule has 0 saturated carbocycles. The number of carbonyl (C=O) groups excluding carboxylic acids is 3. The Bertz CT molecular complexity index is 928. The number of carbonyl (C=O) groups is 3. The highest BCUT2D eigenvalue weighted by atomic mass is 32.2. The molecule has 3 aromatic rings. The molecule has 2 amide bonds. The van der Waals surface area contributed by atoms with E-state index in [1.807, 2.05) is 48.5 Å². The number of thioether (sulfide) groups is 1. The molecule has 0 aliphatic heterocycles. The minimum Gasteiger partial charge on any atom is -0.283 e. The Balaban J connectivity index is 1.85. The minimum atomic E-state index is -0.835. The highest BCUT2D eigenvalue weighted by molar-refractivity contribution is 8.13. The van der Waals surface area contributed by atoms with E-state index in [1.54, 1.807) is 42.5 Å². The van der Waals surface area contributed by atoms with E-state index in [2.05, 4.69) is 0 Å². The lowest BCUT2D eigenvalue weighted by molar-refractivity contribution is -0.123. The maximum absolute atomic E-state index is 12.8. The van der Waals surface area contributed by atoms with Crippen molar-refractivity contribution in [1.29, 1.82) is 0 Å². The average molecular weight is 375 g/mol. The van der Waals surface area contributed by atoms with Gasteiger partial charge < -0.3 is 0 Å². The third kappa shape index (κ3) is 4.92. The summed E-state index contributed by atoms with van der Waals surface area (Å²) in [7, 11) is 0. The molecule has 0 saturated heterocycles. The fourth-order valence-electron chi connectivity index (χ4n) is 2.47. The number of benzene rings is 3. The molecule has 3 aromatic carbocycles. The molecule has 3 rings (SSSR count). The smallest absolute Gasteiger partial charge is 0.283 e. The maximum Gasteiger partial charge on any atom is 0.302 e. The zero-order valence-electron chi connectivity index (χ0n) is 14.4. The van der Waals surface area contributed by atoms with Crippen molar-refractivity contribution in [3.8, 4) is 0 Å². The van der Waals surface area contributed by atoms with Gasteiger partial charge in [-0.2, -0.15) is 0 Å². The van der Waals surface area contributed by atoms with Gasteiger partial charge in [0.05, 0.1) is 6.54 Å². The molecule has 5 heteroatoms. The molecule has 0 fully saturated rings. The van der Waals surface area contributed by atoms with Crippen molar-refractivity contribution >= 4 is 28.7 Å². The van der Waals surface area contributed by atoms with E-state index in [4.69, 9.17) is 0 Å². The number of amides is 2. The predicted molar refractivity (Wildman–Crippen MR) is 105 cm³/mol. The molecule has 4 nitrogen and oxygen atoms in total. The molecule has 0 atom stereocenters. The normalized spacial score (nSPS) is 10.2. The summed E-state index contributed by atoms with van der Waals surface area (Å²) in [4.78, 5) is 39.9. The number of rotatable bonds is 5. The first-order chi connectivity index (χ1) is 13.1. The summed E-state index contributed by atoms with van der Waals surface area (Å²) in [6, 6.07) is 26.4. The second-order valence-corrected chi connectivity index (χ2v) is 6.78. The summed E-state index contributed by atoms with van der Waals surface area (Å²) in [6.45, 7) is 0.0386. The Hall–Kier alpha value is -3.18. The van der Waals surface area contributed by atoms with Crippen molar-refractivity contribution in [2.24, 2.45) is 0 Å². The standard InChI is InChI=1S/C22H17NO3S/c24-20(18-12-6-2-7-13-18)21(25)23(16-17-10-4-1-5-11-17)22(26)27-19-14-8-3-9-15-19/h1-15H,16H2. The molecule has 0 aromatic heterocycles. The largest absolute Gasteiger partial charge is 0.302 e. The lowest BCUT2D eigenvalue weighted by Gasteiger charge is -2.20. The molecule has 0 spiro atoms. The summed E-state index contributed by atoms with van der Waals surface area (Å²) in [5.41, 5.74) is 1.03. The number of nitrogens with zero attached hydrogens (tertiary/aromatic N) is 1. The average Bonchev–Trinajstić information content (AvgIpc) is 2.73. The Labute approximate surface area is 161 Å². The first kappa shape index (κ1) is 18.6. The zero-order chi connectivity index (χ0) is 19.1. The highest BCUT2D eigenvalue weighted by Crippen LogP contribution is 2.23. The van der Waals surface area contributed by atoms with E-state index in [-0.39, 0.29) is 12.1 Å². The quantitative estimate of drug-likeness (QED) is 0.365. The summed E-state index contributed by atoms with van der Waals surface area (Å²) >= 11 is 0.926. The van der Waals surface area contributed by atoms with Crippen LogP contribution in [0.1, 0.15) is 15.9 Å². The summed E-state index contributed by atoms with van der Waals surface area (Å²) in [6.07, 6.45) is 0. The van der Waals surface area contributed by atoms with Crippen LogP contribution in [0.15, 0.2) is 95.9 Å². The number of hydrogen-bond acceptors (Lipinski definition) is 4. The van der Waals surface area contributed by atoms with Gasteiger partial charge in [-0.05, 0) is 29.5 Å². The van der Waals surface area contributed by atoms with E-state index >= 15 is 0 Å². The second-order valence-electron chi connectivity index (χ2n) is 5.75. The Morgan fingerprint density at radius 3 is 1.81 bits per heavy atom. The van der Waals surface area contributed by atoms with Gasteiger partial charge in [-0.15, -0.1) is 0 Å². The van der Waals surface area contributed by atoms with Crippen LogP contribution < -0.4 is 0 Å². The van der Waals surface area contributed by atoms with E-state index in [0.717, 1.165) is 22.2 Å². The Morgan fingerprint density at radius 2 is 1.22 bits per heavy atom. The van der Waals surface area contributed by atoms with E-state index < -0.39 is 16.9 Å². The van der Waals surface area contributed by atoms with Crippen molar-refractivity contribution in [2.45, 2.75) is 11.4 Å². The number of imide groups is 1. The number of ketones is 1. The number of Topliss-reactive ketones (excluding diaryl/α,β-unsaturated/α-hetero) is 1. The molecule has 134 valence electrons. The topological polar surface area (TPSA) is 54.5 Å². The SMILES string of the molecule is O=C(C(=O)N(Cc1ccccc1)C(=O)Sc1ccccc1)c1ccccc1. The van der Waals surface area contributed by atoms with E-state index in [0.29, 0.717) is 4.90 Å². The van der Waals surface area contributed by atoms with E-state index in [9.17, 15) is 14.4 Å². The Morgan fingerprint density at radius 1 is 0.704 bits per heavy atom. The molecule has 0 radical (unpaired) electrons. The molecular weight excluding hydrogens is 358 g/mol. The van der Waals surface area contributed by atoms with E-state index in [1.165, 1.54) is 0 Å². The van der Waals surface area contributed by atoms with Gasteiger partial charge in [0.2, 0.25) is 0 Å². The van der Waals surface area contributed by atoms with Crippen LogP contribution in [-0.4, -0.2) is 21.8 Å². The van der Waals surface area contributed by atoms with Crippen LogP contribution in [-0.2, 0) is 11.3 Å². The van der Waals surface area contributed by atoms with Crippen LogP contribution in [0, 0.1) is 0 Å². The number of hydrogen-bond donors (Lipinski definition) is 0. The lowest BCUT2D eigenvalue weighted by atomic mass is 10.1. The van der Waals surface area contributed by atoms with Gasteiger partial charge in [0.25, 0.3) is 11.0 Å². The molecule has 0 unspecified atom stereocenters. The monoisotopic (exact) mass is 375 g/mol. The molecule has 0 N–H and O–H groups in total. The van der Waals surface area contributed by atoms with Gasteiger partial charge in [-0.1, -0.05) is 78.9 Å². The predicted octanol–water partition coefficient (Wildman–Crippen LogP) is 4.81. The fourth-order valence-corrected chi connectivity index (χ4v) is 3.22. The molecule has 0 bridgehead atoms. The third-order valence-corrected chi connectivity index (χ3v) is 4.73. The van der Waals surface area contributed by atoms with Crippen molar-refractivity contribution in [2.75, 3.05) is 0 Å². The van der Waals surface area contributed by atoms with Gasteiger partial charge in [0, 0.05) is 10.5 Å². The van der Waals surface area contributed by atoms with Gasteiger partial charge in [0.1, 0.15) is 0 Å². The van der Waals surface area contributed by atoms with Crippen LogP contribution in [0.3, 0.4) is 0 Å². The minimum absolute atomic E-state index is 0.0386. The van der Waals surface area contributed by atoms with Crippen molar-refractivity contribution in [3.05, 3.63) is 102 Å². The first-order valence-electron chi connectivity index (χ1n) is 8.37. The summed E-state index contributed by atoms with van der Waals surface area (Å²) in [5, 5.41) is -0.487. The molecule has 27 heavy (non-hydrogen) atoms. The van der Waals surface area contributed by atoms with Gasteiger partial charge >= 0.3 is 5.91 Å². The third-order valence-electron chi connectivity index (χ3n) is 3.83. The van der Waals surface area contributed by atoms with Crippen LogP contribution in [0.25, 0.3) is 0 Å².